The summed E-state index contributed by atoms with van der Waals surface area (Å²) in [6.45, 7) is 1.91. The second kappa shape index (κ2) is 5.68. The van der Waals surface area contributed by atoms with Gasteiger partial charge in [0.1, 0.15) is 5.52 Å². The van der Waals surface area contributed by atoms with Gasteiger partial charge in [0, 0.05) is 29.9 Å². The number of pyridine rings is 2. The molecule has 2 N–H and O–H groups in total. The highest BCUT2D eigenvalue weighted by atomic mass is 35.5. The lowest BCUT2D eigenvalue weighted by Crippen LogP contribution is -2.05. The average molecular weight is 300 g/mol. The predicted octanol–water partition coefficient (Wildman–Crippen LogP) is 4.10. The third kappa shape index (κ3) is 2.82. The van der Waals surface area contributed by atoms with E-state index in [1.54, 1.807) is 30.6 Å². The Balaban J connectivity index is 1.96. The molecular formula is C16H14ClN3O. The molecule has 0 aliphatic rings. The molecule has 106 valence electrons. The van der Waals surface area contributed by atoms with Crippen LogP contribution in [-0.4, -0.2) is 9.97 Å². The molecule has 0 saturated heterocycles. The van der Waals surface area contributed by atoms with Gasteiger partial charge in [0.15, 0.2) is 5.75 Å². The van der Waals surface area contributed by atoms with Crippen molar-refractivity contribution in [2.45, 2.75) is 13.0 Å². The van der Waals surface area contributed by atoms with Crippen LogP contribution in [0.5, 0.6) is 11.6 Å². The number of rotatable bonds is 3. The molecule has 0 spiro atoms. The Kier molecular flexibility index (Phi) is 3.73. The maximum atomic E-state index is 6.16. The van der Waals surface area contributed by atoms with Gasteiger partial charge in [0.25, 0.3) is 0 Å². The van der Waals surface area contributed by atoms with E-state index in [0.29, 0.717) is 22.2 Å². The van der Waals surface area contributed by atoms with Crippen molar-refractivity contribution >= 4 is 22.5 Å². The number of hydrogen-bond acceptors (Lipinski definition) is 4. The molecule has 1 aromatic carbocycles. The van der Waals surface area contributed by atoms with Crippen LogP contribution in [0.15, 0.2) is 48.8 Å². The highest BCUT2D eigenvalue weighted by Crippen LogP contribution is 2.32. The zero-order valence-corrected chi connectivity index (χ0v) is 12.2. The fourth-order valence-electron chi connectivity index (χ4n) is 2.03. The van der Waals surface area contributed by atoms with Crippen molar-refractivity contribution in [3.63, 3.8) is 0 Å². The summed E-state index contributed by atoms with van der Waals surface area (Å²) in [6.07, 6.45) is 3.42. The molecule has 5 heteroatoms. The third-order valence-corrected chi connectivity index (χ3v) is 3.51. The highest BCUT2D eigenvalue weighted by molar-refractivity contribution is 6.35. The molecule has 0 radical (unpaired) electrons. The molecule has 0 unspecified atom stereocenters. The van der Waals surface area contributed by atoms with Crippen molar-refractivity contribution in [1.29, 1.82) is 0 Å². The Hall–Kier alpha value is -2.17. The number of benzene rings is 1. The van der Waals surface area contributed by atoms with Gasteiger partial charge in [-0.3, -0.25) is 4.98 Å². The average Bonchev–Trinajstić information content (AvgIpc) is 2.51. The van der Waals surface area contributed by atoms with E-state index < -0.39 is 0 Å². The Morgan fingerprint density at radius 2 is 2.00 bits per heavy atom. The number of nitrogens with zero attached hydrogens (tertiary/aromatic N) is 2. The summed E-state index contributed by atoms with van der Waals surface area (Å²) in [5.74, 6) is 1.12. The van der Waals surface area contributed by atoms with E-state index in [1.807, 2.05) is 25.1 Å². The standard InChI is InChI=1S/C16H14ClN3O/c1-10(18)11-4-7-15(20-9-11)21-14-6-5-13(17)12-3-2-8-19-16(12)14/h2-10H,18H2,1H3/t10-/m0/s1. The fourth-order valence-corrected chi connectivity index (χ4v) is 2.24. The van der Waals surface area contributed by atoms with Gasteiger partial charge in [-0.05, 0) is 36.8 Å². The smallest absolute Gasteiger partial charge is 0.219 e. The summed E-state index contributed by atoms with van der Waals surface area (Å²) >= 11 is 6.16. The summed E-state index contributed by atoms with van der Waals surface area (Å²) < 4.78 is 5.81. The normalized spacial score (nSPS) is 12.3. The number of hydrogen-bond donors (Lipinski definition) is 1. The van der Waals surface area contributed by atoms with E-state index in [9.17, 15) is 0 Å². The second-order valence-corrected chi connectivity index (χ2v) is 5.17. The minimum Gasteiger partial charge on any atom is -0.437 e. The maximum absolute atomic E-state index is 6.16. The largest absolute Gasteiger partial charge is 0.437 e. The number of halogens is 1. The topological polar surface area (TPSA) is 61.0 Å². The van der Waals surface area contributed by atoms with Crippen molar-refractivity contribution in [3.05, 3.63) is 59.4 Å². The van der Waals surface area contributed by atoms with Crippen LogP contribution in [0.2, 0.25) is 5.02 Å². The summed E-state index contributed by atoms with van der Waals surface area (Å²) in [4.78, 5) is 8.59. The molecule has 0 bridgehead atoms. The molecular weight excluding hydrogens is 286 g/mol. The molecule has 21 heavy (non-hydrogen) atoms. The van der Waals surface area contributed by atoms with Gasteiger partial charge in [-0.1, -0.05) is 17.7 Å². The minimum absolute atomic E-state index is 0.0513. The monoisotopic (exact) mass is 299 g/mol. The molecule has 1 atom stereocenters. The van der Waals surface area contributed by atoms with Crippen molar-refractivity contribution in [1.82, 2.24) is 9.97 Å². The Morgan fingerprint density at radius 1 is 1.14 bits per heavy atom. The summed E-state index contributed by atoms with van der Waals surface area (Å²) in [5, 5.41) is 1.49. The zero-order chi connectivity index (χ0) is 14.8. The van der Waals surface area contributed by atoms with Crippen molar-refractivity contribution in [2.75, 3.05) is 0 Å². The van der Waals surface area contributed by atoms with Gasteiger partial charge in [-0.2, -0.15) is 0 Å². The maximum Gasteiger partial charge on any atom is 0.219 e. The first-order valence-corrected chi connectivity index (χ1v) is 6.95. The fraction of sp³-hybridized carbons (Fsp3) is 0.125. The molecule has 0 aliphatic heterocycles. The molecule has 0 saturated carbocycles. The molecule has 3 aromatic rings. The van der Waals surface area contributed by atoms with Crippen molar-refractivity contribution in [3.8, 4) is 11.6 Å². The van der Waals surface area contributed by atoms with Crippen molar-refractivity contribution in [2.24, 2.45) is 5.73 Å². The number of ether oxygens (including phenoxy) is 1. The van der Waals surface area contributed by atoms with Gasteiger partial charge in [-0.15, -0.1) is 0 Å². The zero-order valence-electron chi connectivity index (χ0n) is 11.5. The summed E-state index contributed by atoms with van der Waals surface area (Å²) in [6, 6.07) is 11.0. The van der Waals surface area contributed by atoms with E-state index in [0.717, 1.165) is 10.9 Å². The third-order valence-electron chi connectivity index (χ3n) is 3.18. The van der Waals surface area contributed by atoms with Gasteiger partial charge in [-0.25, -0.2) is 4.98 Å². The number of fused-ring (bicyclic) bond motifs is 1. The van der Waals surface area contributed by atoms with Crippen LogP contribution in [-0.2, 0) is 0 Å². The Labute approximate surface area is 127 Å². The van der Waals surface area contributed by atoms with E-state index in [2.05, 4.69) is 9.97 Å². The van der Waals surface area contributed by atoms with Crippen LogP contribution in [0.4, 0.5) is 0 Å². The van der Waals surface area contributed by atoms with E-state index in [1.165, 1.54) is 0 Å². The van der Waals surface area contributed by atoms with Gasteiger partial charge < -0.3 is 10.5 Å². The summed E-state index contributed by atoms with van der Waals surface area (Å²) in [5.41, 5.74) is 7.47. The first-order chi connectivity index (χ1) is 10.1. The first kappa shape index (κ1) is 13.8. The van der Waals surface area contributed by atoms with Crippen molar-refractivity contribution < 1.29 is 4.74 Å². The van der Waals surface area contributed by atoms with E-state index in [4.69, 9.17) is 22.1 Å². The van der Waals surface area contributed by atoms with Crippen LogP contribution in [0.25, 0.3) is 10.9 Å². The quantitative estimate of drug-likeness (QED) is 0.791. The number of aromatic nitrogens is 2. The highest BCUT2D eigenvalue weighted by Gasteiger charge is 2.08. The van der Waals surface area contributed by atoms with Crippen LogP contribution in [0, 0.1) is 0 Å². The molecule has 3 rings (SSSR count). The van der Waals surface area contributed by atoms with E-state index in [-0.39, 0.29) is 6.04 Å². The van der Waals surface area contributed by atoms with Crippen LogP contribution < -0.4 is 10.5 Å². The van der Waals surface area contributed by atoms with Gasteiger partial charge in [0.2, 0.25) is 5.88 Å². The lowest BCUT2D eigenvalue weighted by molar-refractivity contribution is 0.466. The lowest BCUT2D eigenvalue weighted by atomic mass is 10.2. The van der Waals surface area contributed by atoms with E-state index >= 15 is 0 Å². The van der Waals surface area contributed by atoms with Crippen LogP contribution >= 0.6 is 11.6 Å². The molecule has 0 amide bonds. The minimum atomic E-state index is -0.0513. The second-order valence-electron chi connectivity index (χ2n) is 4.77. The van der Waals surface area contributed by atoms with Crippen LogP contribution in [0.3, 0.4) is 0 Å². The molecule has 2 heterocycles. The van der Waals surface area contributed by atoms with Gasteiger partial charge in [0.05, 0.1) is 5.02 Å². The molecule has 2 aromatic heterocycles. The Bertz CT molecular complexity index is 772. The number of nitrogens with two attached hydrogens (primary N) is 1. The lowest BCUT2D eigenvalue weighted by Gasteiger charge is -2.10. The molecule has 4 nitrogen and oxygen atoms in total. The molecule has 0 aliphatic carbocycles. The van der Waals surface area contributed by atoms with Gasteiger partial charge >= 0.3 is 0 Å². The van der Waals surface area contributed by atoms with Crippen LogP contribution in [0.1, 0.15) is 18.5 Å². The Morgan fingerprint density at radius 3 is 2.71 bits per heavy atom. The summed E-state index contributed by atoms with van der Waals surface area (Å²) in [7, 11) is 0. The first-order valence-electron chi connectivity index (χ1n) is 6.58. The predicted molar refractivity (Wildman–Crippen MR) is 83.7 cm³/mol. The molecule has 0 fully saturated rings. The SMILES string of the molecule is C[C@H](N)c1ccc(Oc2ccc(Cl)c3cccnc23)nc1.